The van der Waals surface area contributed by atoms with Crippen molar-refractivity contribution in [2.75, 3.05) is 32.9 Å². The highest BCUT2D eigenvalue weighted by molar-refractivity contribution is 5.78. The molecule has 1 aromatic rings. The summed E-state index contributed by atoms with van der Waals surface area (Å²) in [5.41, 5.74) is 6.72. The van der Waals surface area contributed by atoms with E-state index in [1.165, 1.54) is 11.1 Å². The third-order valence-electron chi connectivity index (χ3n) is 2.32. The Morgan fingerprint density at radius 2 is 1.95 bits per heavy atom. The summed E-state index contributed by atoms with van der Waals surface area (Å²) >= 11 is 0. The molecular weight excluding hydrogens is 246 g/mol. The number of nitrogens with one attached hydrogen (secondary N) is 2. The molecule has 19 heavy (non-hydrogen) atoms. The molecule has 1 rings (SSSR count). The highest BCUT2D eigenvalue weighted by Crippen LogP contribution is 2.01. The number of hydrogen-bond acceptors (Lipinski definition) is 4. The van der Waals surface area contributed by atoms with Gasteiger partial charge < -0.3 is 21.3 Å². The lowest BCUT2D eigenvalue weighted by Gasteiger charge is -2.12. The quantitative estimate of drug-likeness (QED) is 0.630. The van der Waals surface area contributed by atoms with Gasteiger partial charge in [-0.15, -0.1) is 0 Å². The Kier molecular flexibility index (Phi) is 5.59. The van der Waals surface area contributed by atoms with Crippen LogP contribution in [-0.4, -0.2) is 49.0 Å². The number of rotatable bonds is 5. The van der Waals surface area contributed by atoms with Crippen LogP contribution in [0.5, 0.6) is 0 Å². The third-order valence-corrected chi connectivity index (χ3v) is 2.32. The number of carbonyl (C=O) groups excluding carboxylic acids is 2. The smallest absolute Gasteiger partial charge is 0.316 e. The first-order valence-corrected chi connectivity index (χ1v) is 5.91. The summed E-state index contributed by atoms with van der Waals surface area (Å²) < 4.78 is 0. The molecule has 7 nitrogen and oxygen atoms in total. The number of nitrogens with two attached hydrogens (primary N) is 1. The van der Waals surface area contributed by atoms with Crippen molar-refractivity contribution in [2.45, 2.75) is 6.42 Å². The zero-order valence-corrected chi connectivity index (χ0v) is 11.1. The first kappa shape index (κ1) is 14.7. The summed E-state index contributed by atoms with van der Waals surface area (Å²) in [5, 5.41) is 5.35. The van der Waals surface area contributed by atoms with Crippen LogP contribution in [0.1, 0.15) is 5.69 Å². The zero-order valence-electron chi connectivity index (χ0n) is 11.1. The number of anilines is 1. The molecule has 1 heterocycles. The van der Waals surface area contributed by atoms with E-state index in [1.54, 1.807) is 26.2 Å². The van der Waals surface area contributed by atoms with Crippen molar-refractivity contribution < 1.29 is 9.59 Å². The fourth-order valence-corrected chi connectivity index (χ4v) is 1.30. The SMILES string of the molecule is CN(C)C(=O)NCCNC(=O)Cc1ccc(N)cn1. The van der Waals surface area contributed by atoms with Gasteiger partial charge in [0.15, 0.2) is 0 Å². The van der Waals surface area contributed by atoms with Crippen molar-refractivity contribution in [3.8, 4) is 0 Å². The van der Waals surface area contributed by atoms with Gasteiger partial charge in [-0.3, -0.25) is 9.78 Å². The van der Waals surface area contributed by atoms with E-state index in [1.807, 2.05) is 0 Å². The van der Waals surface area contributed by atoms with Gasteiger partial charge in [0.25, 0.3) is 0 Å². The molecule has 0 bridgehead atoms. The molecule has 0 spiro atoms. The Balaban J connectivity index is 2.21. The highest BCUT2D eigenvalue weighted by atomic mass is 16.2. The number of hydrogen-bond donors (Lipinski definition) is 3. The van der Waals surface area contributed by atoms with Gasteiger partial charge in [0.2, 0.25) is 5.91 Å². The number of urea groups is 1. The van der Waals surface area contributed by atoms with E-state index < -0.39 is 0 Å². The Bertz CT molecular complexity index is 430. The first-order chi connectivity index (χ1) is 8.99. The van der Waals surface area contributed by atoms with Crippen LogP contribution in [0.2, 0.25) is 0 Å². The van der Waals surface area contributed by atoms with Crippen LogP contribution >= 0.6 is 0 Å². The van der Waals surface area contributed by atoms with Crippen LogP contribution in [0.25, 0.3) is 0 Å². The van der Waals surface area contributed by atoms with E-state index in [0.717, 1.165) is 0 Å². The van der Waals surface area contributed by atoms with Gasteiger partial charge in [0.1, 0.15) is 0 Å². The predicted molar refractivity (Wildman–Crippen MR) is 72.4 cm³/mol. The molecule has 0 aromatic carbocycles. The summed E-state index contributed by atoms with van der Waals surface area (Å²) in [6.07, 6.45) is 1.71. The van der Waals surface area contributed by atoms with Crippen LogP contribution in [0, 0.1) is 0 Å². The molecule has 0 fully saturated rings. The van der Waals surface area contributed by atoms with Gasteiger partial charge >= 0.3 is 6.03 Å². The number of amides is 3. The van der Waals surface area contributed by atoms with Gasteiger partial charge in [-0.1, -0.05) is 0 Å². The Morgan fingerprint density at radius 3 is 2.53 bits per heavy atom. The van der Waals surface area contributed by atoms with E-state index >= 15 is 0 Å². The average molecular weight is 265 g/mol. The number of carbonyl (C=O) groups is 2. The highest BCUT2D eigenvalue weighted by Gasteiger charge is 2.05. The number of pyridine rings is 1. The van der Waals surface area contributed by atoms with E-state index in [0.29, 0.717) is 24.5 Å². The standard InChI is InChI=1S/C12H19N5O2/c1-17(2)12(19)15-6-5-14-11(18)7-10-4-3-9(13)8-16-10/h3-4,8H,5-7,13H2,1-2H3,(H,14,18)(H,15,19). The summed E-state index contributed by atoms with van der Waals surface area (Å²) in [4.78, 5) is 28.2. The van der Waals surface area contributed by atoms with Gasteiger partial charge in [0.05, 0.1) is 18.3 Å². The third kappa shape index (κ3) is 5.71. The second-order valence-electron chi connectivity index (χ2n) is 4.24. The van der Waals surface area contributed by atoms with E-state index in [2.05, 4.69) is 15.6 Å². The van der Waals surface area contributed by atoms with Crippen LogP contribution < -0.4 is 16.4 Å². The van der Waals surface area contributed by atoms with Crippen molar-refractivity contribution in [3.63, 3.8) is 0 Å². The van der Waals surface area contributed by atoms with Crippen LogP contribution in [0.3, 0.4) is 0 Å². The largest absolute Gasteiger partial charge is 0.397 e. The van der Waals surface area contributed by atoms with Crippen molar-refractivity contribution in [1.82, 2.24) is 20.5 Å². The lowest BCUT2D eigenvalue weighted by molar-refractivity contribution is -0.120. The average Bonchev–Trinajstić information content (AvgIpc) is 2.37. The minimum absolute atomic E-state index is 0.142. The zero-order chi connectivity index (χ0) is 14.3. The first-order valence-electron chi connectivity index (χ1n) is 5.91. The Morgan fingerprint density at radius 1 is 1.26 bits per heavy atom. The molecule has 0 radical (unpaired) electrons. The minimum atomic E-state index is -0.186. The van der Waals surface area contributed by atoms with Crippen molar-refractivity contribution in [3.05, 3.63) is 24.0 Å². The Labute approximate surface area is 112 Å². The molecule has 0 aliphatic carbocycles. The molecule has 0 aliphatic heterocycles. The number of aromatic nitrogens is 1. The maximum Gasteiger partial charge on any atom is 0.316 e. The second kappa shape index (κ2) is 7.20. The topological polar surface area (TPSA) is 100 Å². The molecule has 1 aromatic heterocycles. The van der Waals surface area contributed by atoms with E-state index in [9.17, 15) is 9.59 Å². The van der Waals surface area contributed by atoms with Gasteiger partial charge in [0, 0.05) is 32.9 Å². The fourth-order valence-electron chi connectivity index (χ4n) is 1.30. The second-order valence-corrected chi connectivity index (χ2v) is 4.24. The maximum absolute atomic E-state index is 11.6. The fraction of sp³-hybridized carbons (Fsp3) is 0.417. The summed E-state index contributed by atoms with van der Waals surface area (Å²) in [6, 6.07) is 3.23. The van der Waals surface area contributed by atoms with E-state index in [-0.39, 0.29) is 18.4 Å². The predicted octanol–water partition coefficient (Wildman–Crippen LogP) is -0.406. The molecule has 4 N–H and O–H groups in total. The summed E-state index contributed by atoms with van der Waals surface area (Å²) in [6.45, 7) is 0.769. The molecule has 0 saturated carbocycles. The molecular formula is C12H19N5O2. The molecule has 0 atom stereocenters. The van der Waals surface area contributed by atoms with Crippen LogP contribution in [0.4, 0.5) is 10.5 Å². The van der Waals surface area contributed by atoms with Crippen molar-refractivity contribution in [1.29, 1.82) is 0 Å². The summed E-state index contributed by atoms with van der Waals surface area (Å²) in [7, 11) is 3.31. The van der Waals surface area contributed by atoms with Crippen LogP contribution in [-0.2, 0) is 11.2 Å². The maximum atomic E-state index is 11.6. The molecule has 3 amide bonds. The molecule has 0 saturated heterocycles. The van der Waals surface area contributed by atoms with Crippen LogP contribution in [0.15, 0.2) is 18.3 Å². The molecule has 104 valence electrons. The molecule has 0 unspecified atom stereocenters. The van der Waals surface area contributed by atoms with Crippen molar-refractivity contribution in [2.24, 2.45) is 0 Å². The molecule has 7 heteroatoms. The lowest BCUT2D eigenvalue weighted by atomic mass is 10.2. The molecule has 0 aliphatic rings. The Hall–Kier alpha value is -2.31. The lowest BCUT2D eigenvalue weighted by Crippen LogP contribution is -2.39. The summed E-state index contributed by atoms with van der Waals surface area (Å²) in [5.74, 6) is -0.142. The number of nitrogen functional groups attached to an aromatic ring is 1. The van der Waals surface area contributed by atoms with Gasteiger partial charge in [-0.05, 0) is 12.1 Å². The monoisotopic (exact) mass is 265 g/mol. The minimum Gasteiger partial charge on any atom is -0.397 e. The van der Waals surface area contributed by atoms with E-state index in [4.69, 9.17) is 5.73 Å². The van der Waals surface area contributed by atoms with Gasteiger partial charge in [-0.2, -0.15) is 0 Å². The van der Waals surface area contributed by atoms with Gasteiger partial charge in [-0.25, -0.2) is 4.79 Å². The van der Waals surface area contributed by atoms with Crippen molar-refractivity contribution >= 4 is 17.6 Å². The number of nitrogens with zero attached hydrogens (tertiary/aromatic N) is 2. The normalized spacial score (nSPS) is 9.79.